The van der Waals surface area contributed by atoms with E-state index in [1.54, 1.807) is 6.07 Å². The number of rotatable bonds is 4. The fraction of sp³-hybridized carbons (Fsp3) is 0.375. The number of aromatic nitrogens is 2. The molecule has 21 heavy (non-hydrogen) atoms. The Hall–Kier alpha value is -2.30. The Balaban J connectivity index is 1.77. The van der Waals surface area contributed by atoms with Gasteiger partial charge in [-0.05, 0) is 43.5 Å². The third-order valence-corrected chi connectivity index (χ3v) is 4.08. The van der Waals surface area contributed by atoms with Gasteiger partial charge in [0.2, 0.25) is 0 Å². The molecule has 0 saturated carbocycles. The number of nitrogens with zero attached hydrogens (tertiary/aromatic N) is 3. The molecule has 1 aliphatic heterocycles. The van der Waals surface area contributed by atoms with Crippen molar-refractivity contribution < 1.29 is 9.90 Å². The fourth-order valence-corrected chi connectivity index (χ4v) is 2.91. The Morgan fingerprint density at radius 2 is 2.24 bits per heavy atom. The maximum atomic E-state index is 11.1. The van der Waals surface area contributed by atoms with Crippen molar-refractivity contribution in [3.63, 3.8) is 0 Å². The summed E-state index contributed by atoms with van der Waals surface area (Å²) in [5.41, 5.74) is 2.69. The van der Waals surface area contributed by atoms with Crippen LogP contribution in [0.2, 0.25) is 0 Å². The summed E-state index contributed by atoms with van der Waals surface area (Å²) in [5, 5.41) is 9.09. The van der Waals surface area contributed by atoms with Gasteiger partial charge in [0.15, 0.2) is 0 Å². The molecule has 0 saturated heterocycles. The highest BCUT2D eigenvalue weighted by atomic mass is 16.4. The SMILES string of the molecule is Cc1nccn1CCN1CCCc2cc(C(=O)O)ccc21. The number of hydrogen-bond acceptors (Lipinski definition) is 3. The fourth-order valence-electron chi connectivity index (χ4n) is 2.91. The van der Waals surface area contributed by atoms with Crippen LogP contribution in [0.1, 0.15) is 28.2 Å². The third-order valence-electron chi connectivity index (χ3n) is 4.08. The minimum absolute atomic E-state index is 0.376. The largest absolute Gasteiger partial charge is 0.478 e. The van der Waals surface area contributed by atoms with E-state index in [9.17, 15) is 4.79 Å². The maximum Gasteiger partial charge on any atom is 0.335 e. The molecular weight excluding hydrogens is 266 g/mol. The topological polar surface area (TPSA) is 58.4 Å². The Kier molecular flexibility index (Phi) is 3.64. The highest BCUT2D eigenvalue weighted by molar-refractivity contribution is 5.88. The Morgan fingerprint density at radius 3 is 2.95 bits per heavy atom. The van der Waals surface area contributed by atoms with Gasteiger partial charge < -0.3 is 14.6 Å². The average molecular weight is 285 g/mol. The van der Waals surface area contributed by atoms with Crippen LogP contribution in [0.4, 0.5) is 5.69 Å². The molecule has 0 radical (unpaired) electrons. The Bertz CT molecular complexity index is 663. The lowest BCUT2D eigenvalue weighted by Gasteiger charge is -2.31. The van der Waals surface area contributed by atoms with Crippen molar-refractivity contribution in [2.24, 2.45) is 0 Å². The molecular formula is C16H19N3O2. The number of aromatic carboxylic acids is 1. The van der Waals surface area contributed by atoms with Crippen LogP contribution in [-0.2, 0) is 13.0 Å². The van der Waals surface area contributed by atoms with E-state index in [2.05, 4.69) is 14.5 Å². The summed E-state index contributed by atoms with van der Waals surface area (Å²) in [5.74, 6) is 0.164. The number of benzene rings is 1. The van der Waals surface area contributed by atoms with Gasteiger partial charge in [0.05, 0.1) is 5.56 Å². The Morgan fingerprint density at radius 1 is 1.38 bits per heavy atom. The number of fused-ring (bicyclic) bond motifs is 1. The summed E-state index contributed by atoms with van der Waals surface area (Å²) < 4.78 is 2.14. The Labute approximate surface area is 123 Å². The lowest BCUT2D eigenvalue weighted by molar-refractivity contribution is 0.0697. The van der Waals surface area contributed by atoms with Gasteiger partial charge in [-0.1, -0.05) is 0 Å². The van der Waals surface area contributed by atoms with Crippen LogP contribution in [-0.4, -0.2) is 33.7 Å². The molecule has 1 aliphatic rings. The second-order valence-corrected chi connectivity index (χ2v) is 5.41. The van der Waals surface area contributed by atoms with Crippen molar-refractivity contribution in [2.45, 2.75) is 26.3 Å². The predicted molar refractivity (Wildman–Crippen MR) is 80.9 cm³/mol. The van der Waals surface area contributed by atoms with E-state index in [1.165, 1.54) is 5.69 Å². The van der Waals surface area contributed by atoms with Crippen LogP contribution in [0.5, 0.6) is 0 Å². The lowest BCUT2D eigenvalue weighted by Crippen LogP contribution is -2.32. The number of carboxylic acid groups (broad SMARTS) is 1. The molecule has 2 heterocycles. The van der Waals surface area contributed by atoms with Crippen LogP contribution in [0.25, 0.3) is 0 Å². The van der Waals surface area contributed by atoms with Gasteiger partial charge in [0.25, 0.3) is 0 Å². The molecule has 1 aromatic heterocycles. The van der Waals surface area contributed by atoms with Crippen LogP contribution < -0.4 is 4.90 Å². The van der Waals surface area contributed by atoms with Crippen molar-refractivity contribution in [1.29, 1.82) is 0 Å². The van der Waals surface area contributed by atoms with Gasteiger partial charge in [0.1, 0.15) is 5.82 Å². The molecule has 5 heteroatoms. The van der Waals surface area contributed by atoms with Crippen LogP contribution in [0.3, 0.4) is 0 Å². The van der Waals surface area contributed by atoms with Crippen LogP contribution in [0, 0.1) is 6.92 Å². The molecule has 3 rings (SSSR count). The summed E-state index contributed by atoms with van der Waals surface area (Å²) >= 11 is 0. The third kappa shape index (κ3) is 2.77. The van der Waals surface area contributed by atoms with E-state index in [0.29, 0.717) is 5.56 Å². The second kappa shape index (κ2) is 5.60. The molecule has 0 aliphatic carbocycles. The zero-order valence-electron chi connectivity index (χ0n) is 12.1. The molecule has 110 valence electrons. The zero-order valence-corrected chi connectivity index (χ0v) is 12.1. The van der Waals surface area contributed by atoms with Crippen molar-refractivity contribution in [2.75, 3.05) is 18.0 Å². The predicted octanol–water partition coefficient (Wildman–Crippen LogP) is 2.34. The number of carbonyl (C=O) groups is 1. The van der Waals surface area contributed by atoms with Crippen molar-refractivity contribution in [3.05, 3.63) is 47.5 Å². The first kappa shape index (κ1) is 13.7. The lowest BCUT2D eigenvalue weighted by atomic mass is 9.99. The molecule has 0 spiro atoms. The smallest absolute Gasteiger partial charge is 0.335 e. The monoisotopic (exact) mass is 285 g/mol. The van der Waals surface area contributed by atoms with E-state index in [1.807, 2.05) is 31.5 Å². The number of anilines is 1. The highest BCUT2D eigenvalue weighted by Crippen LogP contribution is 2.28. The molecule has 0 unspecified atom stereocenters. The van der Waals surface area contributed by atoms with Gasteiger partial charge in [-0.2, -0.15) is 0 Å². The average Bonchev–Trinajstić information content (AvgIpc) is 2.89. The van der Waals surface area contributed by atoms with Gasteiger partial charge in [-0.25, -0.2) is 9.78 Å². The van der Waals surface area contributed by atoms with Crippen LogP contribution in [0.15, 0.2) is 30.6 Å². The summed E-state index contributed by atoms with van der Waals surface area (Å²) in [4.78, 5) is 17.6. The summed E-state index contributed by atoms with van der Waals surface area (Å²) in [6.07, 6.45) is 5.84. The minimum Gasteiger partial charge on any atom is -0.478 e. The van der Waals surface area contributed by atoms with E-state index in [-0.39, 0.29) is 0 Å². The summed E-state index contributed by atoms with van der Waals surface area (Å²) in [7, 11) is 0. The molecule has 5 nitrogen and oxygen atoms in total. The first-order valence-electron chi connectivity index (χ1n) is 7.24. The van der Waals surface area contributed by atoms with Crippen LogP contribution >= 0.6 is 0 Å². The summed E-state index contributed by atoms with van der Waals surface area (Å²) in [6.45, 7) is 4.83. The highest BCUT2D eigenvalue weighted by Gasteiger charge is 2.18. The quantitative estimate of drug-likeness (QED) is 0.936. The molecule has 0 atom stereocenters. The number of hydrogen-bond donors (Lipinski definition) is 1. The molecule has 1 N–H and O–H groups in total. The van der Waals surface area contributed by atoms with E-state index in [4.69, 9.17) is 5.11 Å². The maximum absolute atomic E-state index is 11.1. The molecule has 0 bridgehead atoms. The standard InChI is InChI=1S/C16H19N3O2/c1-12-17-6-8-18(12)9-10-19-7-2-3-13-11-14(16(20)21)4-5-15(13)19/h4-6,8,11H,2-3,7,9-10H2,1H3,(H,20,21). The normalized spacial score (nSPS) is 14.0. The van der Waals surface area contributed by atoms with Gasteiger partial charge >= 0.3 is 5.97 Å². The van der Waals surface area contributed by atoms with Crippen molar-refractivity contribution in [1.82, 2.24) is 9.55 Å². The molecule has 1 aromatic carbocycles. The number of imidazole rings is 1. The van der Waals surface area contributed by atoms with Crippen molar-refractivity contribution >= 4 is 11.7 Å². The first-order valence-corrected chi connectivity index (χ1v) is 7.24. The van der Waals surface area contributed by atoms with Gasteiger partial charge in [0, 0.05) is 37.7 Å². The second-order valence-electron chi connectivity index (χ2n) is 5.41. The van der Waals surface area contributed by atoms with E-state index >= 15 is 0 Å². The zero-order chi connectivity index (χ0) is 14.8. The van der Waals surface area contributed by atoms with Gasteiger partial charge in [-0.15, -0.1) is 0 Å². The minimum atomic E-state index is -0.857. The first-order chi connectivity index (χ1) is 10.1. The summed E-state index contributed by atoms with van der Waals surface area (Å²) in [6, 6.07) is 5.45. The number of carboxylic acids is 1. The van der Waals surface area contributed by atoms with Crippen molar-refractivity contribution in [3.8, 4) is 0 Å². The number of aryl methyl sites for hydroxylation is 2. The van der Waals surface area contributed by atoms with E-state index in [0.717, 1.165) is 43.9 Å². The van der Waals surface area contributed by atoms with E-state index < -0.39 is 5.97 Å². The molecule has 2 aromatic rings. The molecule has 0 amide bonds. The van der Waals surface area contributed by atoms with Gasteiger partial charge in [-0.3, -0.25) is 0 Å². The molecule has 0 fully saturated rings.